The van der Waals surface area contributed by atoms with E-state index in [9.17, 15) is 14.4 Å². The minimum atomic E-state index is -0.448. The van der Waals surface area contributed by atoms with Crippen LogP contribution in [0, 0.1) is 0 Å². The maximum Gasteiger partial charge on any atom is 0.294 e. The van der Waals surface area contributed by atoms with Gasteiger partial charge >= 0.3 is 0 Å². The van der Waals surface area contributed by atoms with Crippen LogP contribution in [-0.4, -0.2) is 73.9 Å². The van der Waals surface area contributed by atoms with Gasteiger partial charge in [0.15, 0.2) is 0 Å². The maximum absolute atomic E-state index is 12.5. The molecule has 2 rings (SSSR count). The van der Waals surface area contributed by atoms with E-state index in [0.29, 0.717) is 31.2 Å². The van der Waals surface area contributed by atoms with Crippen molar-refractivity contribution in [2.24, 2.45) is 0 Å². The minimum Gasteiger partial charge on any atom is -0.383 e. The third-order valence-electron chi connectivity index (χ3n) is 3.75. The van der Waals surface area contributed by atoms with Crippen LogP contribution in [0.15, 0.2) is 35.2 Å². The molecule has 1 aliphatic rings. The predicted octanol–water partition coefficient (Wildman–Crippen LogP) is 1.84. The summed E-state index contributed by atoms with van der Waals surface area (Å²) < 4.78 is 10.0. The van der Waals surface area contributed by atoms with Crippen molar-refractivity contribution >= 4 is 34.9 Å². The lowest BCUT2D eigenvalue weighted by Crippen LogP contribution is -2.44. The Morgan fingerprint density at radius 2 is 1.73 bits per heavy atom. The lowest BCUT2D eigenvalue weighted by atomic mass is 10.2. The number of ether oxygens (including phenoxy) is 2. The van der Waals surface area contributed by atoms with Gasteiger partial charge in [0.1, 0.15) is 6.54 Å². The van der Waals surface area contributed by atoms with Crippen molar-refractivity contribution in [1.82, 2.24) is 9.80 Å². The standard InChI is InChI=1S/C18H22N2O5S/c1-24-10-8-19(9-11-25-2)16(21)13-20-17(22)15(26-18(20)23)12-14-6-4-3-5-7-14/h3-7,12H,8-11,13H2,1-2H3/b15-12+. The van der Waals surface area contributed by atoms with Crippen LogP contribution in [0.1, 0.15) is 5.56 Å². The largest absolute Gasteiger partial charge is 0.383 e. The van der Waals surface area contributed by atoms with Crippen LogP contribution in [0.25, 0.3) is 6.08 Å². The van der Waals surface area contributed by atoms with E-state index >= 15 is 0 Å². The number of methoxy groups -OCH3 is 2. The number of imide groups is 1. The van der Waals surface area contributed by atoms with Crippen molar-refractivity contribution in [3.8, 4) is 0 Å². The fourth-order valence-electron chi connectivity index (χ4n) is 2.34. The van der Waals surface area contributed by atoms with Gasteiger partial charge < -0.3 is 14.4 Å². The van der Waals surface area contributed by atoms with E-state index in [1.807, 2.05) is 30.3 Å². The summed E-state index contributed by atoms with van der Waals surface area (Å²) in [5.74, 6) is -0.766. The minimum absolute atomic E-state index is 0.287. The first-order valence-corrected chi connectivity index (χ1v) is 8.94. The second-order valence-electron chi connectivity index (χ2n) is 5.54. The second-order valence-corrected chi connectivity index (χ2v) is 6.54. The summed E-state index contributed by atoms with van der Waals surface area (Å²) in [6.07, 6.45) is 1.66. The van der Waals surface area contributed by atoms with Gasteiger partial charge in [-0.25, -0.2) is 0 Å². The van der Waals surface area contributed by atoms with Crippen LogP contribution >= 0.6 is 11.8 Å². The molecule has 1 aromatic rings. The Labute approximate surface area is 156 Å². The summed E-state index contributed by atoms with van der Waals surface area (Å²) in [5, 5.41) is -0.441. The molecular formula is C18H22N2O5S. The second kappa shape index (κ2) is 10.1. The number of amides is 3. The van der Waals surface area contributed by atoms with Crippen LogP contribution in [0.3, 0.4) is 0 Å². The summed E-state index contributed by atoms with van der Waals surface area (Å²) in [6.45, 7) is 1.18. The molecule has 0 N–H and O–H groups in total. The van der Waals surface area contributed by atoms with Crippen molar-refractivity contribution in [3.05, 3.63) is 40.8 Å². The number of nitrogens with zero attached hydrogens (tertiary/aromatic N) is 2. The zero-order valence-corrected chi connectivity index (χ0v) is 15.7. The molecule has 0 unspecified atom stereocenters. The number of thioether (sulfide) groups is 1. The van der Waals surface area contributed by atoms with Gasteiger partial charge in [-0.05, 0) is 23.4 Å². The van der Waals surface area contributed by atoms with Gasteiger partial charge in [-0.1, -0.05) is 30.3 Å². The summed E-state index contributed by atoms with van der Waals surface area (Å²) >= 11 is 0.844. The Morgan fingerprint density at radius 1 is 1.12 bits per heavy atom. The molecule has 26 heavy (non-hydrogen) atoms. The van der Waals surface area contributed by atoms with Crippen molar-refractivity contribution in [2.75, 3.05) is 47.1 Å². The van der Waals surface area contributed by atoms with E-state index in [4.69, 9.17) is 9.47 Å². The van der Waals surface area contributed by atoms with E-state index in [1.54, 1.807) is 20.3 Å². The van der Waals surface area contributed by atoms with Gasteiger partial charge in [0, 0.05) is 27.3 Å². The molecule has 0 aliphatic carbocycles. The Bertz CT molecular complexity index is 669. The SMILES string of the molecule is COCCN(CCOC)C(=O)CN1C(=O)S/C(=C/c2ccccc2)C1=O. The monoisotopic (exact) mass is 378 g/mol. The highest BCUT2D eigenvalue weighted by atomic mass is 32.2. The van der Waals surface area contributed by atoms with Gasteiger partial charge in [-0.15, -0.1) is 0 Å². The topological polar surface area (TPSA) is 76.2 Å². The van der Waals surface area contributed by atoms with Crippen molar-refractivity contribution in [1.29, 1.82) is 0 Å². The number of rotatable bonds is 9. The lowest BCUT2D eigenvalue weighted by molar-refractivity contribution is -0.136. The molecule has 0 bridgehead atoms. The maximum atomic E-state index is 12.5. The molecule has 0 atom stereocenters. The number of benzene rings is 1. The smallest absolute Gasteiger partial charge is 0.294 e. The number of carbonyl (C=O) groups excluding carboxylic acids is 3. The van der Waals surface area contributed by atoms with Gasteiger partial charge in [-0.2, -0.15) is 0 Å². The van der Waals surface area contributed by atoms with E-state index in [-0.39, 0.29) is 12.5 Å². The fraction of sp³-hybridized carbons (Fsp3) is 0.389. The first-order valence-electron chi connectivity index (χ1n) is 8.13. The molecular weight excluding hydrogens is 356 g/mol. The molecule has 3 amide bonds. The average molecular weight is 378 g/mol. The van der Waals surface area contributed by atoms with E-state index in [1.165, 1.54) is 4.90 Å². The molecule has 140 valence electrons. The zero-order chi connectivity index (χ0) is 18.9. The van der Waals surface area contributed by atoms with Crippen LogP contribution < -0.4 is 0 Å². The van der Waals surface area contributed by atoms with Crippen LogP contribution in [0.2, 0.25) is 0 Å². The third kappa shape index (κ3) is 5.42. The first kappa shape index (κ1) is 20.2. The third-order valence-corrected chi connectivity index (χ3v) is 4.66. The van der Waals surface area contributed by atoms with Gasteiger partial charge in [0.05, 0.1) is 18.1 Å². The van der Waals surface area contributed by atoms with Gasteiger partial charge in [0.25, 0.3) is 11.1 Å². The van der Waals surface area contributed by atoms with Crippen LogP contribution in [-0.2, 0) is 19.1 Å². The summed E-state index contributed by atoms with van der Waals surface area (Å²) in [5.41, 5.74) is 0.825. The molecule has 0 aromatic heterocycles. The molecule has 1 aromatic carbocycles. The Kier molecular flexibility index (Phi) is 7.83. The quantitative estimate of drug-likeness (QED) is 0.611. The molecule has 0 spiro atoms. The molecule has 0 radical (unpaired) electrons. The number of hydrogen-bond donors (Lipinski definition) is 0. The van der Waals surface area contributed by atoms with Crippen molar-refractivity contribution in [3.63, 3.8) is 0 Å². The molecule has 1 fully saturated rings. The Balaban J connectivity index is 2.05. The Morgan fingerprint density at radius 3 is 2.31 bits per heavy atom. The normalized spacial score (nSPS) is 15.8. The highest BCUT2D eigenvalue weighted by Crippen LogP contribution is 2.32. The molecule has 8 heteroatoms. The summed E-state index contributed by atoms with van der Waals surface area (Å²) in [7, 11) is 3.09. The van der Waals surface area contributed by atoms with Crippen molar-refractivity contribution < 1.29 is 23.9 Å². The fourth-order valence-corrected chi connectivity index (χ4v) is 3.17. The average Bonchev–Trinajstić information content (AvgIpc) is 2.90. The molecule has 7 nitrogen and oxygen atoms in total. The van der Waals surface area contributed by atoms with E-state index in [2.05, 4.69) is 0 Å². The highest BCUT2D eigenvalue weighted by Gasteiger charge is 2.37. The number of carbonyl (C=O) groups is 3. The summed E-state index contributed by atoms with van der Waals surface area (Å²) in [6, 6.07) is 9.26. The first-order chi connectivity index (χ1) is 12.6. The van der Waals surface area contributed by atoms with E-state index < -0.39 is 11.1 Å². The molecule has 1 saturated heterocycles. The Hall–Kier alpha value is -2.16. The van der Waals surface area contributed by atoms with Gasteiger partial charge in [0.2, 0.25) is 5.91 Å². The number of hydrogen-bond acceptors (Lipinski definition) is 6. The lowest BCUT2D eigenvalue weighted by Gasteiger charge is -2.24. The highest BCUT2D eigenvalue weighted by molar-refractivity contribution is 8.18. The predicted molar refractivity (Wildman–Crippen MR) is 99.5 cm³/mol. The van der Waals surface area contributed by atoms with Crippen LogP contribution in [0.4, 0.5) is 4.79 Å². The molecule has 1 aliphatic heterocycles. The van der Waals surface area contributed by atoms with Crippen molar-refractivity contribution in [2.45, 2.75) is 0 Å². The van der Waals surface area contributed by atoms with Gasteiger partial charge in [-0.3, -0.25) is 19.3 Å². The van der Waals surface area contributed by atoms with Crippen LogP contribution in [0.5, 0.6) is 0 Å². The molecule has 0 saturated carbocycles. The van der Waals surface area contributed by atoms with E-state index in [0.717, 1.165) is 22.2 Å². The summed E-state index contributed by atoms with van der Waals surface area (Å²) in [4.78, 5) is 40.0. The zero-order valence-electron chi connectivity index (χ0n) is 14.8. The molecule has 1 heterocycles.